The summed E-state index contributed by atoms with van der Waals surface area (Å²) in [4.78, 5) is 12.4. The molecule has 0 amide bonds. The molecule has 2 rings (SSSR count). The van der Waals surface area contributed by atoms with Gasteiger partial charge in [-0.1, -0.05) is 44.0 Å². The third-order valence-electron chi connectivity index (χ3n) is 4.28. The Morgan fingerprint density at radius 2 is 1.85 bits per heavy atom. The van der Waals surface area contributed by atoms with E-state index in [2.05, 4.69) is 6.92 Å². The number of Topliss-reactive ketones (excluding diaryl/α,β-unsaturated/α-hetero) is 1. The van der Waals surface area contributed by atoms with Crippen LogP contribution in [0.15, 0.2) is 24.3 Å². The number of hydrogen-bond donors (Lipinski definition) is 0. The quantitative estimate of drug-likeness (QED) is 0.748. The molecule has 2 unspecified atom stereocenters. The van der Waals surface area contributed by atoms with Gasteiger partial charge < -0.3 is 0 Å². The Morgan fingerprint density at radius 1 is 1.25 bits per heavy atom. The van der Waals surface area contributed by atoms with Gasteiger partial charge in [-0.05, 0) is 37.7 Å². The first-order valence-corrected chi connectivity index (χ1v) is 9.00. The first-order valence-electron chi connectivity index (χ1n) is 7.62. The molecule has 0 heterocycles. The first kappa shape index (κ1) is 15.4. The minimum Gasteiger partial charge on any atom is -0.293 e. The molecule has 110 valence electrons. The number of carbonyl (C=O) groups excluding carboxylic acids is 1. The second-order valence-electron chi connectivity index (χ2n) is 5.75. The van der Waals surface area contributed by atoms with E-state index in [0.29, 0.717) is 17.2 Å². The van der Waals surface area contributed by atoms with Gasteiger partial charge in [0.2, 0.25) is 0 Å². The lowest BCUT2D eigenvalue weighted by Crippen LogP contribution is -2.26. The van der Waals surface area contributed by atoms with E-state index in [1.165, 1.54) is 31.2 Å². The lowest BCUT2D eigenvalue weighted by atomic mass is 10.1. The van der Waals surface area contributed by atoms with Crippen LogP contribution in [0.25, 0.3) is 0 Å². The van der Waals surface area contributed by atoms with E-state index >= 15 is 0 Å². The maximum atomic E-state index is 12.4. The van der Waals surface area contributed by atoms with Crippen LogP contribution in [-0.2, 0) is 17.2 Å². The van der Waals surface area contributed by atoms with E-state index in [1.807, 2.05) is 24.3 Å². The molecule has 2 atom stereocenters. The van der Waals surface area contributed by atoms with Gasteiger partial charge in [-0.2, -0.15) is 0 Å². The lowest BCUT2D eigenvalue weighted by Gasteiger charge is -2.14. The molecule has 20 heavy (non-hydrogen) atoms. The molecule has 0 spiro atoms. The van der Waals surface area contributed by atoms with Crippen molar-refractivity contribution in [2.24, 2.45) is 5.92 Å². The summed E-state index contributed by atoms with van der Waals surface area (Å²) in [5, 5.41) is -0.386. The molecule has 0 saturated heterocycles. The molecule has 0 aliphatic heterocycles. The van der Waals surface area contributed by atoms with E-state index in [0.717, 1.165) is 6.42 Å². The zero-order valence-electron chi connectivity index (χ0n) is 12.4. The third-order valence-corrected chi connectivity index (χ3v) is 6.09. The number of benzene rings is 1. The van der Waals surface area contributed by atoms with Gasteiger partial charge in [-0.25, -0.2) is 0 Å². The molecule has 1 saturated carbocycles. The summed E-state index contributed by atoms with van der Waals surface area (Å²) in [5.74, 6) is 1.28. The van der Waals surface area contributed by atoms with Crippen molar-refractivity contribution in [2.45, 2.75) is 51.2 Å². The molecule has 1 aliphatic rings. The maximum absolute atomic E-state index is 12.4. The van der Waals surface area contributed by atoms with E-state index in [4.69, 9.17) is 0 Å². The lowest BCUT2D eigenvalue weighted by molar-refractivity contribution is 0.0992. The summed E-state index contributed by atoms with van der Waals surface area (Å²) in [5.41, 5.74) is 1.91. The first-order chi connectivity index (χ1) is 9.61. The maximum Gasteiger partial charge on any atom is 0.178 e. The van der Waals surface area contributed by atoms with Crippen molar-refractivity contribution in [3.8, 4) is 0 Å². The molecule has 0 aromatic heterocycles. The summed E-state index contributed by atoms with van der Waals surface area (Å²) in [6.45, 7) is 3.90. The largest absolute Gasteiger partial charge is 0.293 e. The number of rotatable bonds is 6. The average Bonchev–Trinajstić information content (AvgIpc) is 2.98. The number of aryl methyl sites for hydroxylation is 1. The third kappa shape index (κ3) is 3.78. The second-order valence-corrected chi connectivity index (χ2v) is 7.56. The standard InChI is InChI=1S/C17H24O2S/c1-3-14-8-10-16(11-9-14)17(18)13(2)20(19)12-15-6-4-5-7-15/h8-11,13,15H,3-7,12H2,1-2H3. The zero-order chi connectivity index (χ0) is 14.5. The van der Waals surface area contributed by atoms with E-state index in [-0.39, 0.29) is 11.0 Å². The Morgan fingerprint density at radius 3 is 2.40 bits per heavy atom. The fourth-order valence-electron chi connectivity index (χ4n) is 2.81. The van der Waals surface area contributed by atoms with E-state index in [1.54, 1.807) is 6.92 Å². The van der Waals surface area contributed by atoms with Gasteiger partial charge in [0.05, 0.1) is 5.25 Å². The van der Waals surface area contributed by atoms with Crippen LogP contribution in [0.1, 0.15) is 55.5 Å². The highest BCUT2D eigenvalue weighted by atomic mass is 32.2. The topological polar surface area (TPSA) is 34.1 Å². The SMILES string of the molecule is CCc1ccc(C(=O)C(C)S(=O)CC2CCCC2)cc1. The minimum absolute atomic E-state index is 0.0176. The Kier molecular flexibility index (Phi) is 5.53. The Balaban J connectivity index is 1.97. The van der Waals surface area contributed by atoms with Crippen LogP contribution < -0.4 is 0 Å². The molecule has 0 radical (unpaired) electrons. The predicted molar refractivity (Wildman–Crippen MR) is 84.6 cm³/mol. The van der Waals surface area contributed by atoms with Crippen LogP contribution in [0, 0.1) is 5.92 Å². The van der Waals surface area contributed by atoms with Crippen molar-refractivity contribution in [3.05, 3.63) is 35.4 Å². The molecule has 1 fully saturated rings. The summed E-state index contributed by atoms with van der Waals surface area (Å²) >= 11 is 0. The summed E-state index contributed by atoms with van der Waals surface area (Å²) in [7, 11) is -1.04. The van der Waals surface area contributed by atoms with Gasteiger partial charge in [0.1, 0.15) is 0 Å². The number of ketones is 1. The number of carbonyl (C=O) groups is 1. The van der Waals surface area contributed by atoms with Crippen molar-refractivity contribution in [1.82, 2.24) is 0 Å². The van der Waals surface area contributed by atoms with Gasteiger partial charge in [0, 0.05) is 22.1 Å². The summed E-state index contributed by atoms with van der Waals surface area (Å²) < 4.78 is 12.3. The van der Waals surface area contributed by atoms with E-state index in [9.17, 15) is 9.00 Å². The molecule has 1 aromatic rings. The second kappa shape index (κ2) is 7.16. The Hall–Kier alpha value is -0.960. The van der Waals surface area contributed by atoms with Crippen LogP contribution in [0.4, 0.5) is 0 Å². The van der Waals surface area contributed by atoms with Gasteiger partial charge in [0.15, 0.2) is 5.78 Å². The number of hydrogen-bond acceptors (Lipinski definition) is 2. The Labute approximate surface area is 124 Å². The van der Waals surface area contributed by atoms with Crippen LogP contribution in [0.3, 0.4) is 0 Å². The highest BCUT2D eigenvalue weighted by Gasteiger charge is 2.25. The normalized spacial score (nSPS) is 18.9. The smallest absolute Gasteiger partial charge is 0.178 e. The van der Waals surface area contributed by atoms with Crippen molar-refractivity contribution in [1.29, 1.82) is 0 Å². The minimum atomic E-state index is -1.04. The molecular weight excluding hydrogens is 268 g/mol. The summed E-state index contributed by atoms with van der Waals surface area (Å²) in [6, 6.07) is 7.70. The Bertz CT molecular complexity index is 472. The van der Waals surface area contributed by atoms with Crippen molar-refractivity contribution < 1.29 is 9.00 Å². The van der Waals surface area contributed by atoms with Crippen LogP contribution in [-0.4, -0.2) is 21.0 Å². The van der Waals surface area contributed by atoms with Crippen LogP contribution >= 0.6 is 0 Å². The zero-order valence-corrected chi connectivity index (χ0v) is 13.2. The highest BCUT2D eigenvalue weighted by molar-refractivity contribution is 7.86. The highest BCUT2D eigenvalue weighted by Crippen LogP contribution is 2.26. The molecule has 0 bridgehead atoms. The van der Waals surface area contributed by atoms with Crippen molar-refractivity contribution in [3.63, 3.8) is 0 Å². The molecule has 2 nitrogen and oxygen atoms in total. The van der Waals surface area contributed by atoms with Gasteiger partial charge >= 0.3 is 0 Å². The van der Waals surface area contributed by atoms with Crippen LogP contribution in [0.5, 0.6) is 0 Å². The fourth-order valence-corrected chi connectivity index (χ4v) is 4.27. The van der Waals surface area contributed by atoms with Gasteiger partial charge in [-0.3, -0.25) is 9.00 Å². The molecular formula is C17H24O2S. The fraction of sp³-hybridized carbons (Fsp3) is 0.588. The van der Waals surface area contributed by atoms with Crippen molar-refractivity contribution >= 4 is 16.6 Å². The van der Waals surface area contributed by atoms with Gasteiger partial charge in [-0.15, -0.1) is 0 Å². The predicted octanol–water partition coefficient (Wildman–Crippen LogP) is 3.76. The van der Waals surface area contributed by atoms with E-state index < -0.39 is 10.8 Å². The van der Waals surface area contributed by atoms with Crippen LogP contribution in [0.2, 0.25) is 0 Å². The molecule has 1 aliphatic carbocycles. The van der Waals surface area contributed by atoms with Gasteiger partial charge in [0.25, 0.3) is 0 Å². The monoisotopic (exact) mass is 292 g/mol. The summed E-state index contributed by atoms with van der Waals surface area (Å²) in [6.07, 6.45) is 5.83. The average molecular weight is 292 g/mol. The molecule has 3 heteroatoms. The molecule has 0 N–H and O–H groups in total. The van der Waals surface area contributed by atoms with Crippen molar-refractivity contribution in [2.75, 3.05) is 5.75 Å². The molecule has 1 aromatic carbocycles.